The van der Waals surface area contributed by atoms with Crippen LogP contribution >= 0.6 is 28.1 Å². The van der Waals surface area contributed by atoms with Crippen molar-refractivity contribution in [2.75, 3.05) is 5.32 Å². The van der Waals surface area contributed by atoms with Gasteiger partial charge in [0.1, 0.15) is 0 Å². The van der Waals surface area contributed by atoms with E-state index in [2.05, 4.69) is 37.9 Å². The number of hydrogen-bond acceptors (Lipinski definition) is 2. The second-order valence-electron chi connectivity index (χ2n) is 6.39. The van der Waals surface area contributed by atoms with E-state index in [4.69, 9.17) is 12.2 Å². The average Bonchev–Trinajstić information content (AvgIpc) is 2.57. The number of rotatable bonds is 3. The van der Waals surface area contributed by atoms with Gasteiger partial charge in [-0.1, -0.05) is 45.8 Å². The minimum atomic E-state index is -0.303. The minimum Gasteiger partial charge on any atom is -0.351 e. The Labute approximate surface area is 167 Å². The van der Waals surface area contributed by atoms with Crippen molar-refractivity contribution in [2.24, 2.45) is 0 Å². The topological polar surface area (TPSA) is 53.2 Å². The number of hydrogen-bond donors (Lipinski definition) is 3. The van der Waals surface area contributed by atoms with Gasteiger partial charge < -0.3 is 16.0 Å². The molecule has 2 aromatic carbocycles. The zero-order valence-corrected chi connectivity index (χ0v) is 17.2. The molecule has 0 saturated heterocycles. The van der Waals surface area contributed by atoms with Crippen molar-refractivity contribution in [1.29, 1.82) is 0 Å². The van der Waals surface area contributed by atoms with E-state index in [-0.39, 0.29) is 11.9 Å². The fraction of sp³-hybridized carbons (Fsp3) is 0.200. The van der Waals surface area contributed by atoms with Crippen LogP contribution < -0.4 is 16.0 Å². The first-order chi connectivity index (χ1) is 12.3. The van der Waals surface area contributed by atoms with E-state index >= 15 is 0 Å². The number of anilines is 1. The Balaban J connectivity index is 1.95. The van der Waals surface area contributed by atoms with Gasteiger partial charge in [-0.25, -0.2) is 0 Å². The molecular weight excluding hydrogens is 410 g/mol. The lowest BCUT2D eigenvalue weighted by Gasteiger charge is -2.30. The summed E-state index contributed by atoms with van der Waals surface area (Å²) >= 11 is 8.74. The number of aryl methyl sites for hydroxylation is 2. The fourth-order valence-electron chi connectivity index (χ4n) is 3.04. The molecule has 0 aliphatic carbocycles. The van der Waals surface area contributed by atoms with Crippen LogP contribution in [0.3, 0.4) is 0 Å². The highest BCUT2D eigenvalue weighted by Crippen LogP contribution is 2.29. The zero-order valence-electron chi connectivity index (χ0n) is 14.8. The third kappa shape index (κ3) is 3.97. The third-order valence-corrected chi connectivity index (χ3v) is 5.10. The Bertz CT molecular complexity index is 906. The summed E-state index contributed by atoms with van der Waals surface area (Å²) in [5.41, 5.74) is 5.36. The number of thiocarbonyl (C=S) groups is 1. The van der Waals surface area contributed by atoms with Gasteiger partial charge in [0.2, 0.25) is 0 Å². The molecule has 0 spiro atoms. The number of amides is 1. The van der Waals surface area contributed by atoms with Crippen LogP contribution in [0.1, 0.15) is 29.7 Å². The molecule has 1 aliphatic rings. The normalized spacial score (nSPS) is 16.8. The van der Waals surface area contributed by atoms with Crippen molar-refractivity contribution in [3.05, 3.63) is 74.9 Å². The maximum atomic E-state index is 13.1. The van der Waals surface area contributed by atoms with Crippen LogP contribution in [0.25, 0.3) is 0 Å². The Morgan fingerprint density at radius 2 is 1.81 bits per heavy atom. The Morgan fingerprint density at radius 3 is 2.46 bits per heavy atom. The van der Waals surface area contributed by atoms with Crippen LogP contribution in [0.15, 0.2) is 58.2 Å². The highest BCUT2D eigenvalue weighted by atomic mass is 79.9. The fourth-order valence-corrected chi connectivity index (χ4v) is 3.58. The largest absolute Gasteiger partial charge is 0.351 e. The summed E-state index contributed by atoms with van der Waals surface area (Å²) in [6, 6.07) is 13.5. The van der Waals surface area contributed by atoms with Gasteiger partial charge in [-0.05, 0) is 62.3 Å². The van der Waals surface area contributed by atoms with Crippen molar-refractivity contribution in [3.8, 4) is 0 Å². The first-order valence-corrected chi connectivity index (χ1v) is 9.47. The molecule has 3 N–H and O–H groups in total. The standard InChI is InChI=1S/C20H20BrN3OS/c1-11-4-9-16(12(2)10-11)23-19(25)17-13(3)22-20(26)24-18(17)14-5-7-15(21)8-6-14/h4-10,18H,1-3H3,(H,23,25)(H2,22,24,26)/t18-/m1/s1. The second kappa shape index (κ2) is 7.60. The predicted octanol–water partition coefficient (Wildman–Crippen LogP) is 4.50. The van der Waals surface area contributed by atoms with Gasteiger partial charge in [0.15, 0.2) is 5.11 Å². The van der Waals surface area contributed by atoms with E-state index in [0.29, 0.717) is 10.7 Å². The molecule has 4 nitrogen and oxygen atoms in total. The van der Waals surface area contributed by atoms with Gasteiger partial charge >= 0.3 is 0 Å². The molecule has 6 heteroatoms. The number of carbonyl (C=O) groups is 1. The maximum absolute atomic E-state index is 13.1. The SMILES string of the molecule is CC1=C(C(=O)Nc2ccc(C)cc2C)[C@@H](c2ccc(Br)cc2)NC(=S)N1. The second-order valence-corrected chi connectivity index (χ2v) is 7.72. The molecule has 0 bridgehead atoms. The molecule has 0 unspecified atom stereocenters. The van der Waals surface area contributed by atoms with Crippen molar-refractivity contribution >= 4 is 44.9 Å². The average molecular weight is 430 g/mol. The minimum absolute atomic E-state index is 0.148. The predicted molar refractivity (Wildman–Crippen MR) is 113 cm³/mol. The molecule has 1 heterocycles. The third-order valence-electron chi connectivity index (χ3n) is 4.35. The van der Waals surface area contributed by atoms with E-state index in [1.807, 2.05) is 57.2 Å². The quantitative estimate of drug-likeness (QED) is 0.628. The van der Waals surface area contributed by atoms with Gasteiger partial charge in [-0.3, -0.25) is 4.79 Å². The van der Waals surface area contributed by atoms with Crippen LogP contribution in [-0.2, 0) is 4.79 Å². The van der Waals surface area contributed by atoms with Crippen molar-refractivity contribution < 1.29 is 4.79 Å². The van der Waals surface area contributed by atoms with E-state index in [0.717, 1.165) is 32.5 Å². The molecule has 3 rings (SSSR count). The number of carbonyl (C=O) groups excluding carboxylic acids is 1. The van der Waals surface area contributed by atoms with E-state index < -0.39 is 0 Å². The number of nitrogens with one attached hydrogen (secondary N) is 3. The van der Waals surface area contributed by atoms with Crippen LogP contribution in [0.2, 0.25) is 0 Å². The Morgan fingerprint density at radius 1 is 1.12 bits per heavy atom. The molecule has 26 heavy (non-hydrogen) atoms. The van der Waals surface area contributed by atoms with Gasteiger partial charge in [-0.2, -0.15) is 0 Å². The van der Waals surface area contributed by atoms with E-state index in [1.54, 1.807) is 0 Å². The Hall–Kier alpha value is -2.18. The summed E-state index contributed by atoms with van der Waals surface area (Å²) < 4.78 is 0.986. The molecule has 0 fully saturated rings. The first-order valence-electron chi connectivity index (χ1n) is 8.27. The lowest BCUT2D eigenvalue weighted by atomic mass is 9.95. The molecular formula is C20H20BrN3OS. The number of allylic oxidation sites excluding steroid dienone is 1. The summed E-state index contributed by atoms with van der Waals surface area (Å²) in [6.07, 6.45) is 0. The number of benzene rings is 2. The highest BCUT2D eigenvalue weighted by molar-refractivity contribution is 9.10. The highest BCUT2D eigenvalue weighted by Gasteiger charge is 2.30. The van der Waals surface area contributed by atoms with Crippen molar-refractivity contribution in [1.82, 2.24) is 10.6 Å². The number of halogens is 1. The van der Waals surface area contributed by atoms with Crippen LogP contribution in [-0.4, -0.2) is 11.0 Å². The smallest absolute Gasteiger partial charge is 0.255 e. The lowest BCUT2D eigenvalue weighted by Crippen LogP contribution is -2.45. The Kier molecular flexibility index (Phi) is 5.44. The van der Waals surface area contributed by atoms with Crippen LogP contribution in [0.5, 0.6) is 0 Å². The molecule has 2 aromatic rings. The summed E-state index contributed by atoms with van der Waals surface area (Å²) in [6.45, 7) is 5.89. The maximum Gasteiger partial charge on any atom is 0.255 e. The first kappa shape index (κ1) is 18.6. The molecule has 0 aromatic heterocycles. The van der Waals surface area contributed by atoms with Gasteiger partial charge in [0.25, 0.3) is 5.91 Å². The van der Waals surface area contributed by atoms with Crippen molar-refractivity contribution in [2.45, 2.75) is 26.8 Å². The van der Waals surface area contributed by atoms with E-state index in [9.17, 15) is 4.79 Å². The zero-order chi connectivity index (χ0) is 18.8. The van der Waals surface area contributed by atoms with Gasteiger partial charge in [0.05, 0.1) is 11.6 Å². The molecule has 0 saturated carbocycles. The molecule has 1 atom stereocenters. The summed E-state index contributed by atoms with van der Waals surface area (Å²) in [5, 5.41) is 9.82. The van der Waals surface area contributed by atoms with Crippen molar-refractivity contribution in [3.63, 3.8) is 0 Å². The summed E-state index contributed by atoms with van der Waals surface area (Å²) in [5.74, 6) is -0.148. The molecule has 0 radical (unpaired) electrons. The van der Waals surface area contributed by atoms with Gasteiger partial charge in [-0.15, -0.1) is 0 Å². The lowest BCUT2D eigenvalue weighted by molar-refractivity contribution is -0.113. The molecule has 134 valence electrons. The monoisotopic (exact) mass is 429 g/mol. The summed E-state index contributed by atoms with van der Waals surface area (Å²) in [7, 11) is 0. The van der Waals surface area contributed by atoms with Crippen LogP contribution in [0, 0.1) is 13.8 Å². The van der Waals surface area contributed by atoms with Crippen LogP contribution in [0.4, 0.5) is 5.69 Å². The molecule has 1 amide bonds. The molecule has 1 aliphatic heterocycles. The van der Waals surface area contributed by atoms with E-state index in [1.165, 1.54) is 0 Å². The summed E-state index contributed by atoms with van der Waals surface area (Å²) in [4.78, 5) is 13.1. The van der Waals surface area contributed by atoms with Gasteiger partial charge in [0, 0.05) is 15.9 Å².